The summed E-state index contributed by atoms with van der Waals surface area (Å²) in [6.45, 7) is 0. The molecule has 0 radical (unpaired) electrons. The van der Waals surface area contributed by atoms with Gasteiger partial charge in [0.2, 0.25) is 0 Å². The molecule has 0 atom stereocenters. The number of thioether (sulfide) groups is 1. The monoisotopic (exact) mass is 265 g/mol. The highest BCUT2D eigenvalue weighted by Crippen LogP contribution is 2.07. The summed E-state index contributed by atoms with van der Waals surface area (Å²) >= 11 is 3.47. The fraction of sp³-hybridized carbons (Fsp3) is 0.833. The molecule has 0 aliphatic carbocycles. The highest BCUT2D eigenvalue weighted by atomic mass is 35.5. The Balaban J connectivity index is -0.000000500. The molecule has 0 aliphatic rings. The van der Waals surface area contributed by atoms with Crippen LogP contribution in [0.1, 0.15) is 6.42 Å². The van der Waals surface area contributed by atoms with Crippen LogP contribution >= 0.6 is 23.7 Å². The van der Waals surface area contributed by atoms with E-state index in [4.69, 9.17) is 5.41 Å². The number of halogens is 2. The molecule has 5 N–H and O–H groups in total. The first-order valence-corrected chi connectivity index (χ1v) is 5.43. The second-order valence-corrected chi connectivity index (χ2v) is 4.93. The number of nitrogens with two attached hydrogens (primary N) is 1. The van der Waals surface area contributed by atoms with Gasteiger partial charge in [0.05, 0.1) is 0 Å². The van der Waals surface area contributed by atoms with Gasteiger partial charge in [-0.15, -0.1) is 0 Å². The van der Waals surface area contributed by atoms with Gasteiger partial charge in [-0.05, 0) is 20.5 Å². The van der Waals surface area contributed by atoms with Crippen molar-refractivity contribution in [3.8, 4) is 0 Å². The van der Waals surface area contributed by atoms with E-state index in [1.165, 1.54) is 6.42 Å². The fourth-order valence-electron chi connectivity index (χ4n) is 0.509. The molecule has 0 heterocycles. The number of hydrogen-bond donors (Lipinski definition) is 2. The zero-order valence-corrected chi connectivity index (χ0v) is 11.1. The predicted octanol–water partition coefficient (Wildman–Crippen LogP) is -7.32. The maximum atomic E-state index is 5.39. The summed E-state index contributed by atoms with van der Waals surface area (Å²) in [4.78, 5) is 0. The summed E-state index contributed by atoms with van der Waals surface area (Å²) in [6, 6.07) is 0. The number of rotatable bonds is 5. The van der Waals surface area contributed by atoms with Gasteiger partial charge in [0.25, 0.3) is 0 Å². The second kappa shape index (κ2) is 12.9. The summed E-state index contributed by atoms with van der Waals surface area (Å²) in [7, 11) is 4.11. The molecule has 0 aromatic rings. The van der Waals surface area contributed by atoms with E-state index in [0.29, 0.717) is 0 Å². The minimum atomic E-state index is 0. The van der Waals surface area contributed by atoms with E-state index >= 15 is 0 Å². The van der Waals surface area contributed by atoms with Crippen molar-refractivity contribution in [2.24, 2.45) is 0 Å². The van der Waals surface area contributed by atoms with Crippen LogP contribution in [-0.4, -0.2) is 35.1 Å². The van der Waals surface area contributed by atoms with E-state index in [2.05, 4.69) is 24.1 Å². The van der Waals surface area contributed by atoms with Crippen LogP contribution in [0.15, 0.2) is 0 Å². The number of amidine groups is 1. The lowest BCUT2D eigenvalue weighted by Crippen LogP contribution is -3.00. The van der Waals surface area contributed by atoms with E-state index in [0.717, 1.165) is 16.7 Å². The van der Waals surface area contributed by atoms with Gasteiger partial charge >= 0.3 is 5.17 Å². The first kappa shape index (κ1) is 19.4. The largest absolute Gasteiger partial charge is 1.00 e. The second-order valence-electron chi connectivity index (χ2n) is 2.31. The van der Waals surface area contributed by atoms with Crippen LogP contribution in [-0.2, 0) is 0 Å². The SMILES string of the molecule is CN(C)SCCCSC(=[NH2+])[NH3+].[Cl-].[Cl-]. The highest BCUT2D eigenvalue weighted by molar-refractivity contribution is 8.13. The zero-order valence-electron chi connectivity index (χ0n) is 7.93. The maximum absolute atomic E-state index is 5.39. The molecule has 7 heteroatoms. The lowest BCUT2D eigenvalue weighted by atomic mass is 10.6. The van der Waals surface area contributed by atoms with Crippen molar-refractivity contribution >= 4 is 28.9 Å². The lowest BCUT2D eigenvalue weighted by Gasteiger charge is -2.06. The molecule has 0 unspecified atom stereocenters. The maximum Gasteiger partial charge on any atom is 0.392 e. The van der Waals surface area contributed by atoms with Gasteiger partial charge in [-0.25, -0.2) is 5.41 Å². The Morgan fingerprint density at radius 2 is 1.85 bits per heavy atom. The van der Waals surface area contributed by atoms with Gasteiger partial charge in [0.1, 0.15) is 0 Å². The van der Waals surface area contributed by atoms with Crippen molar-refractivity contribution in [2.45, 2.75) is 6.42 Å². The van der Waals surface area contributed by atoms with Gasteiger partial charge in [-0.2, -0.15) is 0 Å². The Labute approximate surface area is 101 Å². The zero-order chi connectivity index (χ0) is 8.69. The van der Waals surface area contributed by atoms with Crippen LogP contribution in [0, 0.1) is 0 Å². The molecule has 3 nitrogen and oxygen atoms in total. The van der Waals surface area contributed by atoms with Gasteiger partial charge in [-0.1, -0.05) is 11.9 Å². The van der Waals surface area contributed by atoms with E-state index < -0.39 is 0 Å². The normalized spacial score (nSPS) is 8.92. The molecule has 0 fully saturated rings. The Morgan fingerprint density at radius 1 is 1.31 bits per heavy atom. The molecule has 0 saturated heterocycles. The van der Waals surface area contributed by atoms with E-state index in [1.54, 1.807) is 11.8 Å². The first-order chi connectivity index (χ1) is 5.13. The van der Waals surface area contributed by atoms with Crippen LogP contribution in [0.5, 0.6) is 0 Å². The average Bonchev–Trinajstić information content (AvgIpc) is 1.85. The number of nitrogens with zero attached hydrogens (tertiary/aromatic N) is 1. The van der Waals surface area contributed by atoms with Crippen LogP contribution in [0.25, 0.3) is 0 Å². The summed E-state index contributed by atoms with van der Waals surface area (Å²) in [5.41, 5.74) is 3.61. The molecule has 13 heavy (non-hydrogen) atoms. The van der Waals surface area contributed by atoms with Crippen LogP contribution < -0.4 is 36.0 Å². The fourth-order valence-corrected chi connectivity index (χ4v) is 1.88. The molecule has 82 valence electrons. The van der Waals surface area contributed by atoms with E-state index in [-0.39, 0.29) is 24.8 Å². The lowest BCUT2D eigenvalue weighted by molar-refractivity contribution is -0.290. The Bertz CT molecular complexity index is 124. The summed E-state index contributed by atoms with van der Waals surface area (Å²) in [5, 5.41) is 6.11. The van der Waals surface area contributed by atoms with E-state index in [1.807, 2.05) is 11.9 Å². The summed E-state index contributed by atoms with van der Waals surface area (Å²) in [5.74, 6) is 2.24. The molecule has 0 amide bonds. The smallest absolute Gasteiger partial charge is 0.392 e. The third-order valence-electron chi connectivity index (χ3n) is 0.926. The van der Waals surface area contributed by atoms with E-state index in [9.17, 15) is 0 Å². The van der Waals surface area contributed by atoms with Gasteiger partial charge in [0.15, 0.2) is 0 Å². The Kier molecular flexibility index (Phi) is 19.2. The minimum absolute atomic E-state index is 0. The third-order valence-corrected chi connectivity index (χ3v) is 2.78. The summed E-state index contributed by atoms with van der Waals surface area (Å²) < 4.78 is 2.11. The van der Waals surface area contributed by atoms with Crippen molar-refractivity contribution in [3.63, 3.8) is 0 Å². The average molecular weight is 266 g/mol. The van der Waals surface area contributed by atoms with Crippen molar-refractivity contribution in [2.75, 3.05) is 25.6 Å². The number of hydrogen-bond acceptors (Lipinski definition) is 3. The van der Waals surface area contributed by atoms with Crippen molar-refractivity contribution in [3.05, 3.63) is 0 Å². The molecular weight excluding hydrogens is 249 g/mol. The predicted molar refractivity (Wildman–Crippen MR) is 53.0 cm³/mol. The third kappa shape index (κ3) is 19.3. The van der Waals surface area contributed by atoms with Crippen LogP contribution in [0.3, 0.4) is 0 Å². The van der Waals surface area contributed by atoms with Crippen LogP contribution in [0.4, 0.5) is 0 Å². The molecule has 0 aromatic heterocycles. The minimum Gasteiger partial charge on any atom is -1.00 e. The number of quaternary nitrogens is 1. The van der Waals surface area contributed by atoms with Crippen molar-refractivity contribution < 1.29 is 36.0 Å². The molecule has 0 aromatic carbocycles. The highest BCUT2D eigenvalue weighted by Gasteiger charge is 1.99. The van der Waals surface area contributed by atoms with Crippen molar-refractivity contribution in [1.82, 2.24) is 4.31 Å². The van der Waals surface area contributed by atoms with Crippen LogP contribution in [0.2, 0.25) is 0 Å². The molecule has 0 rings (SSSR count). The molecular formula is C6H17Cl2N3S2. The molecule has 0 saturated carbocycles. The Morgan fingerprint density at radius 3 is 2.23 bits per heavy atom. The quantitative estimate of drug-likeness (QED) is 0.225. The molecule has 0 aliphatic heterocycles. The van der Waals surface area contributed by atoms with Gasteiger partial charge < -0.3 is 24.8 Å². The molecule has 0 spiro atoms. The first-order valence-electron chi connectivity index (χ1n) is 3.50. The molecule has 0 bridgehead atoms. The van der Waals surface area contributed by atoms with Gasteiger partial charge in [0, 0.05) is 23.3 Å². The van der Waals surface area contributed by atoms with Gasteiger partial charge in [-0.3, -0.25) is 10.0 Å². The Hall–Kier alpha value is 0.870. The van der Waals surface area contributed by atoms with Crippen molar-refractivity contribution in [1.29, 1.82) is 0 Å². The standard InChI is InChI=1S/C6H15N3S2.2ClH/c1-9(2)11-5-3-4-10-6(7)8;;/h3-5H2,1-2H3,(H3,7,8);2*1H. The topological polar surface area (TPSA) is 56.5 Å². The summed E-state index contributed by atoms with van der Waals surface area (Å²) in [6.07, 6.45) is 1.18.